The second kappa shape index (κ2) is 8.08. The molecule has 3 aromatic rings. The summed E-state index contributed by atoms with van der Waals surface area (Å²) < 4.78 is 13.3. The van der Waals surface area contributed by atoms with Crippen molar-refractivity contribution in [2.24, 2.45) is 0 Å². The molecule has 0 unspecified atom stereocenters. The van der Waals surface area contributed by atoms with Crippen LogP contribution in [0.2, 0.25) is 0 Å². The second-order valence-corrected chi connectivity index (χ2v) is 6.17. The number of aliphatic hydroxyl groups excluding tert-OH is 1. The number of benzene rings is 2. The molecule has 0 radical (unpaired) electrons. The maximum atomic E-state index is 9.08. The zero-order chi connectivity index (χ0) is 16.8. The van der Waals surface area contributed by atoms with E-state index in [-0.39, 0.29) is 6.61 Å². The van der Waals surface area contributed by atoms with E-state index < -0.39 is 0 Å². The number of imidazole rings is 1. The Hall–Kier alpha value is -2.18. The summed E-state index contributed by atoms with van der Waals surface area (Å²) in [4.78, 5) is 4.64. The lowest BCUT2D eigenvalue weighted by Crippen LogP contribution is -2.10. The third-order valence-corrected chi connectivity index (χ3v) is 4.54. The van der Waals surface area contributed by atoms with Crippen LogP contribution < -0.4 is 9.47 Å². The van der Waals surface area contributed by atoms with Crippen molar-refractivity contribution in [2.75, 3.05) is 26.1 Å². The number of hydrogen-bond donors (Lipinski definition) is 1. The molecule has 0 saturated heterocycles. The molecule has 0 aliphatic rings. The monoisotopic (exact) mass is 344 g/mol. The van der Waals surface area contributed by atoms with Gasteiger partial charge in [-0.2, -0.15) is 0 Å². The Morgan fingerprint density at radius 1 is 1.08 bits per heavy atom. The Bertz CT molecular complexity index is 804. The van der Waals surface area contributed by atoms with E-state index in [2.05, 4.69) is 15.6 Å². The van der Waals surface area contributed by atoms with Gasteiger partial charge in [0.05, 0.1) is 31.3 Å². The van der Waals surface area contributed by atoms with E-state index in [1.807, 2.05) is 42.5 Å². The van der Waals surface area contributed by atoms with Gasteiger partial charge in [0.2, 0.25) is 0 Å². The van der Waals surface area contributed by atoms with Crippen molar-refractivity contribution < 1.29 is 14.6 Å². The van der Waals surface area contributed by atoms with Crippen LogP contribution in [0.5, 0.6) is 11.5 Å². The van der Waals surface area contributed by atoms with Crippen LogP contribution in [0.15, 0.2) is 53.7 Å². The molecule has 0 saturated carbocycles. The molecular weight excluding hydrogens is 324 g/mol. The van der Waals surface area contributed by atoms with Crippen LogP contribution in [-0.2, 0) is 6.54 Å². The Balaban J connectivity index is 1.76. The summed E-state index contributed by atoms with van der Waals surface area (Å²) in [6.07, 6.45) is 0. The molecule has 3 rings (SSSR count). The summed E-state index contributed by atoms with van der Waals surface area (Å²) >= 11 is 1.55. The zero-order valence-corrected chi connectivity index (χ0v) is 14.3. The number of rotatable bonds is 8. The van der Waals surface area contributed by atoms with Crippen LogP contribution in [0.4, 0.5) is 0 Å². The number of aromatic nitrogens is 2. The van der Waals surface area contributed by atoms with Crippen molar-refractivity contribution in [1.82, 2.24) is 9.55 Å². The van der Waals surface area contributed by atoms with Crippen LogP contribution in [0.3, 0.4) is 0 Å². The predicted molar refractivity (Wildman–Crippen MR) is 96.0 cm³/mol. The topological polar surface area (TPSA) is 56.5 Å². The number of hydrogen-bond acceptors (Lipinski definition) is 5. The molecule has 0 atom stereocenters. The molecule has 24 heavy (non-hydrogen) atoms. The van der Waals surface area contributed by atoms with Gasteiger partial charge >= 0.3 is 0 Å². The minimum absolute atomic E-state index is 0.131. The summed E-state index contributed by atoms with van der Waals surface area (Å²) in [5.74, 6) is 2.08. The van der Waals surface area contributed by atoms with E-state index in [1.165, 1.54) is 0 Å². The Morgan fingerprint density at radius 3 is 2.62 bits per heavy atom. The first kappa shape index (κ1) is 16.7. The quantitative estimate of drug-likeness (QED) is 0.636. The first-order valence-corrected chi connectivity index (χ1v) is 8.77. The Kier molecular flexibility index (Phi) is 5.61. The van der Waals surface area contributed by atoms with Gasteiger partial charge in [0.1, 0.15) is 6.61 Å². The van der Waals surface area contributed by atoms with Crippen molar-refractivity contribution in [1.29, 1.82) is 0 Å². The molecule has 126 valence electrons. The second-order valence-electron chi connectivity index (χ2n) is 5.11. The molecule has 0 amide bonds. The van der Waals surface area contributed by atoms with Gasteiger partial charge in [-0.1, -0.05) is 36.0 Å². The van der Waals surface area contributed by atoms with Crippen LogP contribution >= 0.6 is 11.8 Å². The van der Waals surface area contributed by atoms with Crippen molar-refractivity contribution >= 4 is 22.8 Å². The minimum atomic E-state index is 0.131. The van der Waals surface area contributed by atoms with E-state index in [9.17, 15) is 0 Å². The summed E-state index contributed by atoms with van der Waals surface area (Å²) in [5, 5.41) is 9.98. The van der Waals surface area contributed by atoms with Crippen molar-refractivity contribution in [2.45, 2.75) is 11.7 Å². The maximum Gasteiger partial charge on any atom is 0.169 e. The van der Waals surface area contributed by atoms with E-state index in [0.717, 1.165) is 27.7 Å². The standard InChI is InChI=1S/C18H20N2O3S/c1-22-16-8-4-5-9-17(16)23-12-10-20-15-7-3-2-6-14(15)19-18(20)24-13-11-21/h2-9,21H,10-13H2,1H3. The van der Waals surface area contributed by atoms with Crippen LogP contribution in [0.1, 0.15) is 0 Å². The highest BCUT2D eigenvalue weighted by Gasteiger charge is 2.11. The van der Waals surface area contributed by atoms with E-state index >= 15 is 0 Å². The maximum absolute atomic E-state index is 9.08. The number of methoxy groups -OCH3 is 1. The summed E-state index contributed by atoms with van der Waals surface area (Å²) in [6, 6.07) is 15.6. The van der Waals surface area contributed by atoms with Crippen LogP contribution in [-0.4, -0.2) is 40.7 Å². The fraction of sp³-hybridized carbons (Fsp3) is 0.278. The lowest BCUT2D eigenvalue weighted by molar-refractivity contribution is 0.277. The minimum Gasteiger partial charge on any atom is -0.493 e. The van der Waals surface area contributed by atoms with Crippen LogP contribution in [0.25, 0.3) is 11.0 Å². The van der Waals surface area contributed by atoms with Crippen molar-refractivity contribution in [3.63, 3.8) is 0 Å². The Morgan fingerprint density at radius 2 is 1.83 bits per heavy atom. The first-order valence-electron chi connectivity index (χ1n) is 7.78. The molecule has 1 aromatic heterocycles. The molecule has 6 heteroatoms. The number of fused-ring (bicyclic) bond motifs is 1. The van der Waals surface area contributed by atoms with Gasteiger partial charge in [-0.25, -0.2) is 4.98 Å². The highest BCUT2D eigenvalue weighted by atomic mass is 32.2. The van der Waals surface area contributed by atoms with Gasteiger partial charge in [-0.3, -0.25) is 0 Å². The van der Waals surface area contributed by atoms with Crippen molar-refractivity contribution in [3.8, 4) is 11.5 Å². The molecule has 0 aliphatic heterocycles. The third kappa shape index (κ3) is 3.66. The summed E-state index contributed by atoms with van der Waals surface area (Å²) in [5.41, 5.74) is 2.02. The molecule has 1 N–H and O–H groups in total. The SMILES string of the molecule is COc1ccccc1OCCn1c(SCCO)nc2ccccc21. The lowest BCUT2D eigenvalue weighted by Gasteiger charge is -2.12. The van der Waals surface area contributed by atoms with Gasteiger partial charge < -0.3 is 19.1 Å². The third-order valence-electron chi connectivity index (χ3n) is 3.58. The molecule has 0 spiro atoms. The highest BCUT2D eigenvalue weighted by Crippen LogP contribution is 2.27. The average Bonchev–Trinajstić information content (AvgIpc) is 2.98. The molecule has 5 nitrogen and oxygen atoms in total. The molecule has 2 aromatic carbocycles. The van der Waals surface area contributed by atoms with E-state index in [0.29, 0.717) is 18.9 Å². The summed E-state index contributed by atoms with van der Waals surface area (Å²) in [7, 11) is 1.63. The number of ether oxygens (including phenoxy) is 2. The number of thioether (sulfide) groups is 1. The molecule has 0 fully saturated rings. The molecule has 0 aliphatic carbocycles. The largest absolute Gasteiger partial charge is 0.493 e. The smallest absolute Gasteiger partial charge is 0.169 e. The zero-order valence-electron chi connectivity index (χ0n) is 13.5. The summed E-state index contributed by atoms with van der Waals surface area (Å²) in [6.45, 7) is 1.31. The van der Waals surface area contributed by atoms with Gasteiger partial charge in [0, 0.05) is 5.75 Å². The van der Waals surface area contributed by atoms with Gasteiger partial charge in [-0.15, -0.1) is 0 Å². The fourth-order valence-corrected chi connectivity index (χ4v) is 3.28. The van der Waals surface area contributed by atoms with Gasteiger partial charge in [0.25, 0.3) is 0 Å². The molecule has 1 heterocycles. The van der Waals surface area contributed by atoms with Crippen molar-refractivity contribution in [3.05, 3.63) is 48.5 Å². The highest BCUT2D eigenvalue weighted by molar-refractivity contribution is 7.99. The normalized spacial score (nSPS) is 10.9. The Labute approximate surface area is 145 Å². The first-order chi connectivity index (χ1) is 11.8. The van der Waals surface area contributed by atoms with E-state index in [1.54, 1.807) is 18.9 Å². The van der Waals surface area contributed by atoms with E-state index in [4.69, 9.17) is 14.6 Å². The number of aliphatic hydroxyl groups is 1. The van der Waals surface area contributed by atoms with Gasteiger partial charge in [0.15, 0.2) is 16.7 Å². The van der Waals surface area contributed by atoms with Crippen LogP contribution in [0, 0.1) is 0 Å². The average molecular weight is 344 g/mol. The van der Waals surface area contributed by atoms with Gasteiger partial charge in [-0.05, 0) is 24.3 Å². The lowest BCUT2D eigenvalue weighted by atomic mass is 10.3. The molecule has 0 bridgehead atoms. The molecular formula is C18H20N2O3S. The predicted octanol–water partition coefficient (Wildman–Crippen LogP) is 3.21. The number of para-hydroxylation sites is 4. The number of nitrogens with zero attached hydrogens (tertiary/aromatic N) is 2. The fourth-order valence-electron chi connectivity index (χ4n) is 2.50.